The fourth-order valence-corrected chi connectivity index (χ4v) is 24.0. The van der Waals surface area contributed by atoms with Gasteiger partial charge in [0.05, 0.1) is 0 Å². The Kier molecular flexibility index (Phi) is 6.36. The molecular formula is C22H29Cl2GeHf. The molecule has 0 aromatic rings. The Labute approximate surface area is 178 Å². The van der Waals surface area contributed by atoms with Gasteiger partial charge in [0.15, 0.2) is 0 Å². The molecule has 3 rings (SSSR count). The van der Waals surface area contributed by atoms with Crippen LogP contribution in [0, 0.1) is 11.3 Å². The molecule has 0 radical (unpaired) electrons. The van der Waals surface area contributed by atoms with Crippen molar-refractivity contribution in [1.82, 2.24) is 0 Å². The van der Waals surface area contributed by atoms with Crippen LogP contribution in [0.3, 0.4) is 0 Å². The fourth-order valence-electron chi connectivity index (χ4n) is 5.40. The van der Waals surface area contributed by atoms with Crippen molar-refractivity contribution >= 4 is 35.4 Å². The molecule has 0 amide bonds. The van der Waals surface area contributed by atoms with E-state index in [4.69, 9.17) is 17.2 Å². The number of allylic oxidation sites excluding steroid dienone is 10. The van der Waals surface area contributed by atoms with Crippen LogP contribution in [-0.2, 0) is 19.1 Å². The average molecular weight is 615 g/mol. The third kappa shape index (κ3) is 2.82. The van der Waals surface area contributed by atoms with E-state index in [0.717, 1.165) is 12.8 Å². The molecule has 0 saturated carbocycles. The first kappa shape index (κ1) is 21.3. The molecule has 0 aromatic heterocycles. The number of hydrogen-bond acceptors (Lipinski definition) is 0. The van der Waals surface area contributed by atoms with E-state index in [1.54, 1.807) is 9.92 Å². The van der Waals surface area contributed by atoms with Crippen LogP contribution in [0.5, 0.6) is 0 Å². The summed E-state index contributed by atoms with van der Waals surface area (Å²) in [5, 5.41) is 0. The van der Waals surface area contributed by atoms with Crippen molar-refractivity contribution in [3.8, 4) is 0 Å². The molecule has 0 aromatic carbocycles. The monoisotopic (exact) mass is 617 g/mol. The molecule has 26 heavy (non-hydrogen) atoms. The standard InChI is InChI=1S/C22H29Ge.2ClH.Hf/c1-7-22(4)20(17-12-8-9-13-17)18-14-10-11-15(2)16(3)19(18)21(22)23(5)6;;;/h8-12,14,16H,7,13H2,1-6H3;2*1H;/q;;;+2/p-2. The van der Waals surface area contributed by atoms with Gasteiger partial charge in [0.25, 0.3) is 0 Å². The molecular weight excluding hydrogens is 586 g/mol. The maximum absolute atomic E-state index is 7.14. The summed E-state index contributed by atoms with van der Waals surface area (Å²) in [6.07, 6.45) is 15.8. The van der Waals surface area contributed by atoms with E-state index in [9.17, 15) is 0 Å². The van der Waals surface area contributed by atoms with Crippen LogP contribution >= 0.6 is 17.2 Å². The van der Waals surface area contributed by atoms with Gasteiger partial charge in [-0.1, -0.05) is 0 Å². The molecule has 0 saturated heterocycles. The van der Waals surface area contributed by atoms with E-state index in [1.807, 2.05) is 0 Å². The number of hydrogen-bond donors (Lipinski definition) is 0. The van der Waals surface area contributed by atoms with E-state index < -0.39 is 33.0 Å². The summed E-state index contributed by atoms with van der Waals surface area (Å²) in [5.74, 6) is 5.48. The third-order valence-corrected chi connectivity index (χ3v) is 21.4. The number of halogens is 2. The first-order valence-electron chi connectivity index (χ1n) is 9.55. The SMILES string of the molecule is CCC1(C)[C](=[Ge]([CH3])[CH3])C2=C(C=CC=C(C)C2C)[C]1(C1=CC=CC1)[Hf]([Cl])[Cl]. The quantitative estimate of drug-likeness (QED) is 0.292. The Balaban J connectivity index is 2.45. The zero-order valence-electron chi connectivity index (χ0n) is 16.7. The zero-order valence-corrected chi connectivity index (χ0v) is 23.9. The van der Waals surface area contributed by atoms with Gasteiger partial charge in [-0.05, 0) is 0 Å². The van der Waals surface area contributed by atoms with Crippen molar-refractivity contribution in [2.24, 2.45) is 11.3 Å². The number of rotatable bonds is 3. The third-order valence-electron chi connectivity index (χ3n) is 6.82. The maximum atomic E-state index is 7.14. The Bertz CT molecular complexity index is 808. The molecule has 0 nitrogen and oxygen atoms in total. The van der Waals surface area contributed by atoms with E-state index in [1.165, 1.54) is 16.7 Å². The van der Waals surface area contributed by atoms with Crippen LogP contribution in [0.2, 0.25) is 14.7 Å². The van der Waals surface area contributed by atoms with Gasteiger partial charge in [-0.3, -0.25) is 0 Å². The van der Waals surface area contributed by atoms with Gasteiger partial charge in [-0.25, -0.2) is 0 Å². The molecule has 0 fully saturated rings. The zero-order chi connectivity index (χ0) is 19.3. The van der Waals surface area contributed by atoms with E-state index >= 15 is 0 Å². The first-order chi connectivity index (χ1) is 12.2. The Morgan fingerprint density at radius 1 is 1.23 bits per heavy atom. The summed E-state index contributed by atoms with van der Waals surface area (Å²) in [6.45, 7) is 9.50. The predicted molar refractivity (Wildman–Crippen MR) is 116 cm³/mol. The van der Waals surface area contributed by atoms with Crippen molar-refractivity contribution in [2.75, 3.05) is 0 Å². The summed E-state index contributed by atoms with van der Waals surface area (Å²) in [6, 6.07) is 0. The second-order valence-corrected chi connectivity index (χ2v) is 25.8. The topological polar surface area (TPSA) is 0 Å². The Hall–Kier alpha value is 0.563. The molecule has 4 heteroatoms. The summed E-state index contributed by atoms with van der Waals surface area (Å²) >= 11 is -4.30. The fraction of sp³-hybridized carbons (Fsp3) is 0.500. The molecule has 3 unspecified atom stereocenters. The van der Waals surface area contributed by atoms with Crippen LogP contribution in [0.1, 0.15) is 40.5 Å². The molecule has 0 N–H and O–H groups in total. The minimum atomic E-state index is -2.95. The van der Waals surface area contributed by atoms with E-state index in [-0.39, 0.29) is 8.59 Å². The molecule has 3 aliphatic rings. The first-order valence-corrected chi connectivity index (χ1v) is 25.5. The van der Waals surface area contributed by atoms with Crippen LogP contribution in [0.25, 0.3) is 0 Å². The van der Waals surface area contributed by atoms with Crippen molar-refractivity contribution in [3.63, 3.8) is 0 Å². The molecule has 0 heterocycles. The van der Waals surface area contributed by atoms with Gasteiger partial charge in [0, 0.05) is 0 Å². The molecule has 139 valence electrons. The van der Waals surface area contributed by atoms with Crippen LogP contribution in [0.4, 0.5) is 0 Å². The summed E-state index contributed by atoms with van der Waals surface area (Å²) in [5.41, 5.74) is 6.09. The van der Waals surface area contributed by atoms with Crippen LogP contribution < -0.4 is 0 Å². The van der Waals surface area contributed by atoms with Crippen molar-refractivity contribution in [3.05, 3.63) is 58.7 Å². The van der Waals surface area contributed by atoms with Gasteiger partial charge in [0.2, 0.25) is 0 Å². The Morgan fingerprint density at radius 2 is 1.92 bits per heavy atom. The normalized spacial score (nSPS) is 33.2. The molecule has 0 bridgehead atoms. The second kappa shape index (κ2) is 7.77. The van der Waals surface area contributed by atoms with E-state index in [2.05, 4.69) is 75.7 Å². The van der Waals surface area contributed by atoms with E-state index in [0.29, 0.717) is 5.92 Å². The van der Waals surface area contributed by atoms with Gasteiger partial charge in [-0.15, -0.1) is 0 Å². The molecule has 3 aliphatic carbocycles. The molecule has 0 aliphatic heterocycles. The van der Waals surface area contributed by atoms with Gasteiger partial charge in [-0.2, -0.15) is 0 Å². The van der Waals surface area contributed by atoms with Gasteiger partial charge < -0.3 is 0 Å². The predicted octanol–water partition coefficient (Wildman–Crippen LogP) is 7.34. The Morgan fingerprint density at radius 3 is 2.42 bits per heavy atom. The summed E-state index contributed by atoms with van der Waals surface area (Å²) in [4.78, 5) is 0. The van der Waals surface area contributed by atoms with Crippen molar-refractivity contribution in [2.45, 2.75) is 55.2 Å². The average Bonchev–Trinajstić information content (AvgIpc) is 3.14. The van der Waals surface area contributed by atoms with Gasteiger partial charge in [0.1, 0.15) is 0 Å². The van der Waals surface area contributed by atoms with Crippen molar-refractivity contribution < 1.29 is 19.1 Å². The molecule has 3 atom stereocenters. The van der Waals surface area contributed by atoms with Crippen molar-refractivity contribution in [1.29, 1.82) is 0 Å². The minimum absolute atomic E-state index is 0.0795. The summed E-state index contributed by atoms with van der Waals surface area (Å²) in [7, 11) is 14.3. The van der Waals surface area contributed by atoms with Crippen LogP contribution in [0.15, 0.2) is 58.7 Å². The van der Waals surface area contributed by atoms with Gasteiger partial charge >= 0.3 is 180 Å². The summed E-state index contributed by atoms with van der Waals surface area (Å²) < 4.78 is 1.65. The second-order valence-electron chi connectivity index (χ2n) is 8.21. The molecule has 0 spiro atoms. The van der Waals surface area contributed by atoms with Crippen LogP contribution in [-0.4, -0.2) is 18.3 Å².